The maximum Gasteiger partial charge on any atom is 0.132 e. The van der Waals surface area contributed by atoms with Crippen LogP contribution in [-0.2, 0) is 6.42 Å². The third-order valence-electron chi connectivity index (χ3n) is 6.08. The van der Waals surface area contributed by atoms with Crippen molar-refractivity contribution < 1.29 is 5.11 Å². The van der Waals surface area contributed by atoms with E-state index in [1.54, 1.807) is 6.33 Å². The Labute approximate surface area is 158 Å². The lowest BCUT2D eigenvalue weighted by molar-refractivity contribution is 0.0462. The zero-order valence-corrected chi connectivity index (χ0v) is 16.6. The molecule has 2 fully saturated rings. The number of hydrogen-bond donors (Lipinski definition) is 1. The molecule has 0 amide bonds. The van der Waals surface area contributed by atoms with Crippen LogP contribution >= 0.6 is 0 Å². The summed E-state index contributed by atoms with van der Waals surface area (Å²) in [5, 5.41) is 9.61. The highest BCUT2D eigenvalue weighted by Gasteiger charge is 2.34. The minimum Gasteiger partial charge on any atom is -0.396 e. The molecule has 2 aliphatic rings. The van der Waals surface area contributed by atoms with E-state index in [0.717, 1.165) is 44.0 Å². The van der Waals surface area contributed by atoms with Crippen molar-refractivity contribution >= 4 is 5.82 Å². The standard InChI is InChI=1S/C20H35N5O/c1-4-17-13-20(22-15-21-17)24-10-11-25(19(14-24)7-12-26)18-5-8-23(9-6-18)16(2)3/h13,15-16,18-19,26H,4-12,14H2,1-3H3. The van der Waals surface area contributed by atoms with Gasteiger partial charge in [-0.2, -0.15) is 0 Å². The van der Waals surface area contributed by atoms with Crippen molar-refractivity contribution in [1.82, 2.24) is 19.8 Å². The van der Waals surface area contributed by atoms with Crippen LogP contribution in [0.1, 0.15) is 45.7 Å². The van der Waals surface area contributed by atoms with Crippen molar-refractivity contribution in [3.05, 3.63) is 18.1 Å². The van der Waals surface area contributed by atoms with Gasteiger partial charge in [0.2, 0.25) is 0 Å². The fraction of sp³-hybridized carbons (Fsp3) is 0.800. The van der Waals surface area contributed by atoms with Gasteiger partial charge in [0.05, 0.1) is 0 Å². The fourth-order valence-electron chi connectivity index (χ4n) is 4.45. The highest BCUT2D eigenvalue weighted by molar-refractivity contribution is 5.40. The molecule has 1 N–H and O–H groups in total. The summed E-state index contributed by atoms with van der Waals surface area (Å²) in [6.45, 7) is 12.4. The largest absolute Gasteiger partial charge is 0.396 e. The molecule has 6 nitrogen and oxygen atoms in total. The first kappa shape index (κ1) is 19.5. The van der Waals surface area contributed by atoms with Crippen molar-refractivity contribution in [2.75, 3.05) is 44.2 Å². The summed E-state index contributed by atoms with van der Waals surface area (Å²) in [6.07, 6.45) is 5.95. The van der Waals surface area contributed by atoms with Crippen molar-refractivity contribution in [3.63, 3.8) is 0 Å². The molecule has 1 unspecified atom stereocenters. The Morgan fingerprint density at radius 1 is 1.15 bits per heavy atom. The SMILES string of the molecule is CCc1cc(N2CCN(C3CCN(C(C)C)CC3)C(CCO)C2)ncn1. The molecule has 0 aliphatic carbocycles. The lowest BCUT2D eigenvalue weighted by Gasteiger charge is -2.48. The predicted octanol–water partition coefficient (Wildman–Crippen LogP) is 1.78. The smallest absolute Gasteiger partial charge is 0.132 e. The van der Waals surface area contributed by atoms with Gasteiger partial charge in [0.1, 0.15) is 12.1 Å². The molecule has 1 aromatic heterocycles. The third-order valence-corrected chi connectivity index (χ3v) is 6.08. The number of likely N-dealkylation sites (tertiary alicyclic amines) is 1. The van der Waals surface area contributed by atoms with Crippen molar-refractivity contribution in [2.45, 2.75) is 64.6 Å². The van der Waals surface area contributed by atoms with Gasteiger partial charge in [-0.05, 0) is 52.6 Å². The van der Waals surface area contributed by atoms with Crippen LogP contribution < -0.4 is 4.90 Å². The van der Waals surface area contributed by atoms with Gasteiger partial charge < -0.3 is 14.9 Å². The average molecular weight is 362 g/mol. The number of anilines is 1. The predicted molar refractivity (Wildman–Crippen MR) is 106 cm³/mol. The molecule has 0 bridgehead atoms. The van der Waals surface area contributed by atoms with Gasteiger partial charge in [0.25, 0.3) is 0 Å². The lowest BCUT2D eigenvalue weighted by atomic mass is 9.97. The average Bonchev–Trinajstić information content (AvgIpc) is 2.68. The van der Waals surface area contributed by atoms with Crippen LogP contribution in [-0.4, -0.2) is 82.3 Å². The van der Waals surface area contributed by atoms with Crippen LogP contribution in [0.3, 0.4) is 0 Å². The molecule has 2 aliphatic heterocycles. The first-order valence-corrected chi connectivity index (χ1v) is 10.3. The Morgan fingerprint density at radius 3 is 2.58 bits per heavy atom. The summed E-state index contributed by atoms with van der Waals surface area (Å²) in [6, 6.07) is 3.82. The number of aryl methyl sites for hydroxylation is 1. The van der Waals surface area contributed by atoms with Gasteiger partial charge in [-0.1, -0.05) is 6.92 Å². The number of hydrogen-bond acceptors (Lipinski definition) is 6. The maximum atomic E-state index is 9.61. The number of piperidine rings is 1. The summed E-state index contributed by atoms with van der Waals surface area (Å²) < 4.78 is 0. The van der Waals surface area contributed by atoms with Gasteiger partial charge in [0, 0.05) is 56.1 Å². The molecule has 6 heteroatoms. The number of rotatable bonds is 6. The van der Waals surface area contributed by atoms with Gasteiger partial charge in [0.15, 0.2) is 0 Å². The molecule has 1 aromatic rings. The van der Waals surface area contributed by atoms with E-state index < -0.39 is 0 Å². The minimum atomic E-state index is 0.254. The molecule has 26 heavy (non-hydrogen) atoms. The van der Waals surface area contributed by atoms with Gasteiger partial charge >= 0.3 is 0 Å². The molecule has 1 atom stereocenters. The van der Waals surface area contributed by atoms with Crippen LogP contribution in [0.5, 0.6) is 0 Å². The summed E-state index contributed by atoms with van der Waals surface area (Å²) in [7, 11) is 0. The van der Waals surface area contributed by atoms with E-state index in [1.807, 2.05) is 0 Å². The zero-order valence-electron chi connectivity index (χ0n) is 16.6. The molecular weight excluding hydrogens is 326 g/mol. The highest BCUT2D eigenvalue weighted by atomic mass is 16.3. The van der Waals surface area contributed by atoms with Gasteiger partial charge in [-0.25, -0.2) is 9.97 Å². The summed E-state index contributed by atoms with van der Waals surface area (Å²) >= 11 is 0. The van der Waals surface area contributed by atoms with E-state index in [4.69, 9.17) is 0 Å². The molecule has 2 saturated heterocycles. The first-order chi connectivity index (χ1) is 12.6. The molecule has 146 valence electrons. The summed E-state index contributed by atoms with van der Waals surface area (Å²) in [4.78, 5) is 16.5. The quantitative estimate of drug-likeness (QED) is 0.834. The van der Waals surface area contributed by atoms with Crippen LogP contribution in [0.4, 0.5) is 5.82 Å². The molecule has 0 saturated carbocycles. The second-order valence-electron chi connectivity index (χ2n) is 7.93. The molecule has 0 radical (unpaired) electrons. The second-order valence-corrected chi connectivity index (χ2v) is 7.93. The van der Waals surface area contributed by atoms with Crippen molar-refractivity contribution in [1.29, 1.82) is 0 Å². The highest BCUT2D eigenvalue weighted by Crippen LogP contribution is 2.26. The Morgan fingerprint density at radius 2 is 1.92 bits per heavy atom. The number of piperazine rings is 1. The monoisotopic (exact) mass is 361 g/mol. The molecule has 3 heterocycles. The second kappa shape index (κ2) is 9.11. The van der Waals surface area contributed by atoms with E-state index in [9.17, 15) is 5.11 Å². The van der Waals surface area contributed by atoms with Gasteiger partial charge in [-0.3, -0.25) is 4.90 Å². The number of aromatic nitrogens is 2. The fourth-order valence-corrected chi connectivity index (χ4v) is 4.45. The van der Waals surface area contributed by atoms with Crippen LogP contribution in [0, 0.1) is 0 Å². The Balaban J connectivity index is 1.64. The molecule has 3 rings (SSSR count). The topological polar surface area (TPSA) is 55.7 Å². The Hall–Kier alpha value is -1.24. The van der Waals surface area contributed by atoms with Crippen LogP contribution in [0.2, 0.25) is 0 Å². The molecule has 0 spiro atoms. The number of aliphatic hydroxyl groups excluding tert-OH is 1. The summed E-state index contributed by atoms with van der Waals surface area (Å²) in [5.74, 6) is 1.04. The molecule has 0 aromatic carbocycles. The van der Waals surface area contributed by atoms with E-state index in [-0.39, 0.29) is 6.61 Å². The minimum absolute atomic E-state index is 0.254. The summed E-state index contributed by atoms with van der Waals surface area (Å²) in [5.41, 5.74) is 1.09. The number of aliphatic hydroxyl groups is 1. The van der Waals surface area contributed by atoms with E-state index >= 15 is 0 Å². The first-order valence-electron chi connectivity index (χ1n) is 10.3. The van der Waals surface area contributed by atoms with Crippen molar-refractivity contribution in [3.8, 4) is 0 Å². The van der Waals surface area contributed by atoms with Crippen LogP contribution in [0.25, 0.3) is 0 Å². The maximum absolute atomic E-state index is 9.61. The Bertz CT molecular complexity index is 559. The van der Waals surface area contributed by atoms with Gasteiger partial charge in [-0.15, -0.1) is 0 Å². The normalized spacial score (nSPS) is 23.7. The van der Waals surface area contributed by atoms with E-state index in [0.29, 0.717) is 18.1 Å². The Kier molecular flexibility index (Phi) is 6.84. The third kappa shape index (κ3) is 4.53. The molecular formula is C20H35N5O. The lowest BCUT2D eigenvalue weighted by Crippen LogP contribution is -2.59. The zero-order chi connectivity index (χ0) is 18.5. The van der Waals surface area contributed by atoms with E-state index in [1.165, 1.54) is 25.9 Å². The van der Waals surface area contributed by atoms with E-state index in [2.05, 4.69) is 51.5 Å². The van der Waals surface area contributed by atoms with Crippen molar-refractivity contribution in [2.24, 2.45) is 0 Å². The van der Waals surface area contributed by atoms with Crippen LogP contribution in [0.15, 0.2) is 12.4 Å². The number of nitrogens with zero attached hydrogens (tertiary/aromatic N) is 5.